The van der Waals surface area contributed by atoms with Gasteiger partial charge in [0, 0.05) is 31.7 Å². The van der Waals surface area contributed by atoms with Crippen molar-refractivity contribution in [3.63, 3.8) is 0 Å². The fourth-order valence-corrected chi connectivity index (χ4v) is 1.72. The molecule has 11 heteroatoms. The molecule has 1 rings (SSSR count). The smallest absolute Gasteiger partial charge is 0.425 e. The number of hydrogen-bond donors (Lipinski definition) is 3. The van der Waals surface area contributed by atoms with E-state index in [1.165, 1.54) is 0 Å². The number of ether oxygens (including phenoxy) is 2. The molecule has 25 heavy (non-hydrogen) atoms. The van der Waals surface area contributed by atoms with Crippen LogP contribution in [0.2, 0.25) is 0 Å². The molecule has 5 amide bonds. The fourth-order valence-electron chi connectivity index (χ4n) is 1.72. The number of rotatable bonds is 9. The van der Waals surface area contributed by atoms with Crippen molar-refractivity contribution in [1.82, 2.24) is 21.1 Å². The fraction of sp³-hybridized carbons (Fsp3) is 0.500. The number of amides is 5. The second-order valence-electron chi connectivity index (χ2n) is 4.79. The lowest BCUT2D eigenvalue weighted by atomic mass is 10.3. The van der Waals surface area contributed by atoms with E-state index in [1.807, 2.05) is 5.43 Å². The Hall–Kier alpha value is -2.95. The molecular weight excluding hydrogens is 336 g/mol. The molecule has 0 radical (unpaired) electrons. The van der Waals surface area contributed by atoms with Crippen LogP contribution in [-0.2, 0) is 28.7 Å². The molecular formula is C14H20N4O7. The summed E-state index contributed by atoms with van der Waals surface area (Å²) in [7, 11) is 1.16. The number of carbonyl (C=O) groups excluding carboxylic acids is 5. The van der Waals surface area contributed by atoms with Crippen molar-refractivity contribution < 1.29 is 33.4 Å². The average molecular weight is 356 g/mol. The third kappa shape index (κ3) is 7.92. The summed E-state index contributed by atoms with van der Waals surface area (Å²) in [6, 6.07) is 0. The van der Waals surface area contributed by atoms with Gasteiger partial charge in [-0.3, -0.25) is 29.5 Å². The summed E-state index contributed by atoms with van der Waals surface area (Å²) in [6.07, 6.45) is 1.55. The zero-order valence-electron chi connectivity index (χ0n) is 13.7. The molecule has 0 aromatic heterocycles. The monoisotopic (exact) mass is 356 g/mol. The Morgan fingerprint density at radius 1 is 1.00 bits per heavy atom. The van der Waals surface area contributed by atoms with Gasteiger partial charge in [-0.25, -0.2) is 10.2 Å². The first kappa shape index (κ1) is 20.1. The predicted molar refractivity (Wildman–Crippen MR) is 82.6 cm³/mol. The number of nitrogens with one attached hydrogen (secondary N) is 3. The van der Waals surface area contributed by atoms with Gasteiger partial charge in [0.05, 0.1) is 26.7 Å². The molecule has 0 bridgehead atoms. The molecule has 11 nitrogen and oxygen atoms in total. The lowest BCUT2D eigenvalue weighted by molar-refractivity contribution is -0.137. The van der Waals surface area contributed by atoms with Crippen molar-refractivity contribution in [2.75, 3.05) is 33.4 Å². The Morgan fingerprint density at radius 3 is 2.32 bits per heavy atom. The van der Waals surface area contributed by atoms with Gasteiger partial charge in [-0.05, 0) is 0 Å². The van der Waals surface area contributed by atoms with Crippen LogP contribution in [0.25, 0.3) is 0 Å². The van der Waals surface area contributed by atoms with Crippen LogP contribution in [0.1, 0.15) is 12.8 Å². The standard InChI is InChI=1S/C14H20N4O7/c1-24-14(23)17-16-11(20)5-8-25-9-6-15-10(19)4-7-18-12(21)2-3-13(18)22/h2-3H,4-9H2,1H3,(H,15,19)(H,16,20)(H,17,23). The Kier molecular flexibility index (Phi) is 8.65. The molecule has 138 valence electrons. The maximum atomic E-state index is 11.6. The van der Waals surface area contributed by atoms with Gasteiger partial charge in [0.25, 0.3) is 11.8 Å². The Labute approximate surface area is 143 Å². The number of carbonyl (C=O) groups is 5. The van der Waals surface area contributed by atoms with Gasteiger partial charge < -0.3 is 14.8 Å². The first-order valence-corrected chi connectivity index (χ1v) is 7.45. The highest BCUT2D eigenvalue weighted by Crippen LogP contribution is 2.03. The van der Waals surface area contributed by atoms with Gasteiger partial charge in [0.15, 0.2) is 0 Å². The zero-order valence-corrected chi connectivity index (χ0v) is 13.7. The van der Waals surface area contributed by atoms with Gasteiger partial charge >= 0.3 is 6.09 Å². The minimum absolute atomic E-state index is 0.000757. The van der Waals surface area contributed by atoms with Crippen molar-refractivity contribution in [1.29, 1.82) is 0 Å². The number of methoxy groups -OCH3 is 1. The molecule has 0 saturated heterocycles. The van der Waals surface area contributed by atoms with Crippen LogP contribution < -0.4 is 16.2 Å². The zero-order chi connectivity index (χ0) is 18.7. The largest absolute Gasteiger partial charge is 0.452 e. The van der Waals surface area contributed by atoms with E-state index in [1.54, 1.807) is 0 Å². The summed E-state index contributed by atoms with van der Waals surface area (Å²) in [6.45, 7) is 0.533. The maximum absolute atomic E-state index is 11.6. The summed E-state index contributed by atoms with van der Waals surface area (Å²) >= 11 is 0. The molecule has 1 heterocycles. The summed E-state index contributed by atoms with van der Waals surface area (Å²) in [5, 5.41) is 2.56. The quantitative estimate of drug-likeness (QED) is 0.251. The topological polar surface area (TPSA) is 143 Å². The van der Waals surface area contributed by atoms with E-state index in [9.17, 15) is 24.0 Å². The van der Waals surface area contributed by atoms with Gasteiger partial charge in [0.1, 0.15) is 0 Å². The number of hydrogen-bond acceptors (Lipinski definition) is 7. The lowest BCUT2D eigenvalue weighted by Gasteiger charge is -2.13. The summed E-state index contributed by atoms with van der Waals surface area (Å²) in [5.41, 5.74) is 4.13. The molecule has 1 aliphatic heterocycles. The normalized spacial score (nSPS) is 12.9. The Balaban J connectivity index is 1.99. The Bertz CT molecular complexity index is 543. The third-order valence-electron chi connectivity index (χ3n) is 2.99. The van der Waals surface area contributed by atoms with Crippen LogP contribution in [0.4, 0.5) is 4.79 Å². The number of nitrogens with zero attached hydrogens (tertiary/aromatic N) is 1. The average Bonchev–Trinajstić information content (AvgIpc) is 2.91. The van der Waals surface area contributed by atoms with Gasteiger partial charge in [-0.1, -0.05) is 0 Å². The van der Waals surface area contributed by atoms with E-state index in [0.717, 1.165) is 24.2 Å². The van der Waals surface area contributed by atoms with Crippen LogP contribution >= 0.6 is 0 Å². The summed E-state index contributed by atoms with van der Waals surface area (Å²) in [5.74, 6) is -1.64. The van der Waals surface area contributed by atoms with E-state index in [2.05, 4.69) is 15.5 Å². The molecule has 0 atom stereocenters. The molecule has 0 aliphatic carbocycles. The van der Waals surface area contributed by atoms with Crippen molar-refractivity contribution in [2.24, 2.45) is 0 Å². The molecule has 0 aromatic rings. The SMILES string of the molecule is COC(=O)NNC(=O)CCOCCNC(=O)CCN1C(=O)C=CC1=O. The summed E-state index contributed by atoms with van der Waals surface area (Å²) < 4.78 is 9.42. The molecule has 0 saturated carbocycles. The van der Waals surface area contributed by atoms with Crippen LogP contribution in [-0.4, -0.2) is 68.0 Å². The molecule has 0 spiro atoms. The van der Waals surface area contributed by atoms with Crippen molar-refractivity contribution in [2.45, 2.75) is 12.8 Å². The van der Waals surface area contributed by atoms with Crippen LogP contribution in [0.5, 0.6) is 0 Å². The highest BCUT2D eigenvalue weighted by molar-refractivity contribution is 6.13. The Morgan fingerprint density at radius 2 is 1.68 bits per heavy atom. The van der Waals surface area contributed by atoms with Gasteiger partial charge in [-0.2, -0.15) is 0 Å². The minimum atomic E-state index is -0.787. The van der Waals surface area contributed by atoms with Crippen LogP contribution in [0, 0.1) is 0 Å². The first-order chi connectivity index (χ1) is 11.9. The molecule has 3 N–H and O–H groups in total. The van der Waals surface area contributed by atoms with Gasteiger partial charge in [-0.15, -0.1) is 0 Å². The first-order valence-electron chi connectivity index (χ1n) is 7.45. The molecule has 0 unspecified atom stereocenters. The molecule has 0 fully saturated rings. The minimum Gasteiger partial charge on any atom is -0.452 e. The van der Waals surface area contributed by atoms with Crippen LogP contribution in [0.15, 0.2) is 12.2 Å². The number of hydrazine groups is 1. The second-order valence-corrected chi connectivity index (χ2v) is 4.79. The van der Waals surface area contributed by atoms with Crippen molar-refractivity contribution >= 4 is 29.7 Å². The second kappa shape index (κ2) is 10.8. The summed E-state index contributed by atoms with van der Waals surface area (Å²) in [4.78, 5) is 57.1. The number of imide groups is 1. The third-order valence-corrected chi connectivity index (χ3v) is 2.99. The van der Waals surface area contributed by atoms with Crippen LogP contribution in [0.3, 0.4) is 0 Å². The maximum Gasteiger partial charge on any atom is 0.425 e. The van der Waals surface area contributed by atoms with Gasteiger partial charge in [0.2, 0.25) is 11.8 Å². The molecule has 0 aromatic carbocycles. The highest BCUT2D eigenvalue weighted by Gasteiger charge is 2.23. The van der Waals surface area contributed by atoms with E-state index in [0.29, 0.717) is 0 Å². The van der Waals surface area contributed by atoms with E-state index < -0.39 is 23.8 Å². The van der Waals surface area contributed by atoms with E-state index in [-0.39, 0.29) is 45.1 Å². The van der Waals surface area contributed by atoms with E-state index >= 15 is 0 Å². The van der Waals surface area contributed by atoms with Crippen molar-refractivity contribution in [3.8, 4) is 0 Å². The predicted octanol–water partition coefficient (Wildman–Crippen LogP) is -1.79. The van der Waals surface area contributed by atoms with E-state index in [4.69, 9.17) is 4.74 Å². The lowest BCUT2D eigenvalue weighted by Crippen LogP contribution is -2.41. The highest BCUT2D eigenvalue weighted by atomic mass is 16.5. The molecule has 1 aliphatic rings. The van der Waals surface area contributed by atoms with Crippen molar-refractivity contribution in [3.05, 3.63) is 12.2 Å².